The van der Waals surface area contributed by atoms with Crippen LogP contribution < -0.4 is 4.72 Å². The van der Waals surface area contributed by atoms with Gasteiger partial charge in [-0.3, -0.25) is 4.40 Å². The number of sulfonamides is 1. The lowest BCUT2D eigenvalue weighted by atomic mass is 10.0. The molecule has 0 aromatic carbocycles. The first-order valence-corrected chi connectivity index (χ1v) is 9.89. The molecule has 0 atom stereocenters. The van der Waals surface area contributed by atoms with Crippen LogP contribution in [0.4, 0.5) is 13.2 Å². The molecule has 0 unspecified atom stereocenters. The normalized spacial score (nSPS) is 16.8. The van der Waals surface area contributed by atoms with Crippen molar-refractivity contribution in [1.82, 2.24) is 24.3 Å². The highest BCUT2D eigenvalue weighted by molar-refractivity contribution is 7.89. The first kappa shape index (κ1) is 18.3. The molecular formula is C14H12F3N5O3S2. The van der Waals surface area contributed by atoms with Gasteiger partial charge in [0.15, 0.2) is 15.8 Å². The summed E-state index contributed by atoms with van der Waals surface area (Å²) in [5.41, 5.74) is -0.788. The Morgan fingerprint density at radius 2 is 2.11 bits per heavy atom. The van der Waals surface area contributed by atoms with Crippen molar-refractivity contribution in [3.63, 3.8) is 0 Å². The SMILES string of the molecule is CC1(NS(=O)(=O)c2cc(F)c3cnc(-c4nnc(C(F)F)s4)n3c2)COC1. The summed E-state index contributed by atoms with van der Waals surface area (Å²) in [6.07, 6.45) is -0.473. The van der Waals surface area contributed by atoms with Gasteiger partial charge in [-0.05, 0) is 13.0 Å². The van der Waals surface area contributed by atoms with E-state index in [0.29, 0.717) is 11.3 Å². The first-order chi connectivity index (χ1) is 12.7. The van der Waals surface area contributed by atoms with Gasteiger partial charge in [0.25, 0.3) is 6.43 Å². The third-order valence-electron chi connectivity index (χ3n) is 3.92. The fourth-order valence-corrected chi connectivity index (χ4v) is 4.68. The molecule has 13 heteroatoms. The van der Waals surface area contributed by atoms with Crippen LogP contribution in [0, 0.1) is 5.82 Å². The monoisotopic (exact) mass is 419 g/mol. The zero-order valence-corrected chi connectivity index (χ0v) is 15.3. The first-order valence-electron chi connectivity index (χ1n) is 7.59. The van der Waals surface area contributed by atoms with Crippen molar-refractivity contribution in [2.75, 3.05) is 13.2 Å². The molecule has 1 N–H and O–H groups in total. The Morgan fingerprint density at radius 3 is 2.70 bits per heavy atom. The number of aromatic nitrogens is 4. The van der Waals surface area contributed by atoms with Crippen LogP contribution >= 0.6 is 11.3 Å². The third kappa shape index (κ3) is 3.20. The molecule has 3 aromatic rings. The Morgan fingerprint density at radius 1 is 1.37 bits per heavy atom. The number of alkyl halides is 2. The van der Waals surface area contributed by atoms with Crippen molar-refractivity contribution in [3.8, 4) is 10.8 Å². The van der Waals surface area contributed by atoms with Crippen LogP contribution in [-0.4, -0.2) is 46.8 Å². The highest BCUT2D eigenvalue weighted by atomic mass is 32.2. The van der Waals surface area contributed by atoms with Gasteiger partial charge >= 0.3 is 0 Å². The van der Waals surface area contributed by atoms with Gasteiger partial charge in [-0.1, -0.05) is 11.3 Å². The van der Waals surface area contributed by atoms with E-state index in [2.05, 4.69) is 19.9 Å². The fraction of sp³-hybridized carbons (Fsp3) is 0.357. The number of rotatable bonds is 5. The van der Waals surface area contributed by atoms with Gasteiger partial charge < -0.3 is 4.74 Å². The largest absolute Gasteiger partial charge is 0.377 e. The number of hydrogen-bond acceptors (Lipinski definition) is 7. The van der Waals surface area contributed by atoms with Crippen molar-refractivity contribution in [1.29, 1.82) is 0 Å². The predicted octanol–water partition coefficient (Wildman–Crippen LogP) is 2.00. The fourth-order valence-electron chi connectivity index (χ4n) is 2.60. The maximum absolute atomic E-state index is 14.4. The van der Waals surface area contributed by atoms with Crippen molar-refractivity contribution in [2.45, 2.75) is 23.8 Å². The molecule has 0 bridgehead atoms. The molecule has 0 aliphatic carbocycles. The Labute approximate surface area is 155 Å². The van der Waals surface area contributed by atoms with Crippen LogP contribution in [0.5, 0.6) is 0 Å². The van der Waals surface area contributed by atoms with Gasteiger partial charge in [0.1, 0.15) is 16.2 Å². The van der Waals surface area contributed by atoms with Crippen LogP contribution in [0.2, 0.25) is 0 Å². The van der Waals surface area contributed by atoms with Crippen molar-refractivity contribution in [3.05, 3.63) is 29.3 Å². The second kappa shape index (κ2) is 6.22. The summed E-state index contributed by atoms with van der Waals surface area (Å²) in [6.45, 7) is 2.07. The molecule has 1 aliphatic heterocycles. The number of pyridine rings is 1. The Kier molecular flexibility index (Phi) is 4.21. The third-order valence-corrected chi connectivity index (χ3v) is 6.45. The Hall–Kier alpha value is -2.09. The molecule has 4 rings (SSSR count). The second-order valence-electron chi connectivity index (χ2n) is 6.27. The molecule has 0 spiro atoms. The van der Waals surface area contributed by atoms with E-state index in [1.165, 1.54) is 6.20 Å². The lowest BCUT2D eigenvalue weighted by Crippen LogP contribution is -2.59. The van der Waals surface area contributed by atoms with Gasteiger partial charge in [-0.2, -0.15) is 0 Å². The molecule has 1 fully saturated rings. The molecule has 27 heavy (non-hydrogen) atoms. The number of halogens is 3. The molecular weight excluding hydrogens is 407 g/mol. The summed E-state index contributed by atoms with van der Waals surface area (Å²) >= 11 is 0.596. The van der Waals surface area contributed by atoms with Crippen LogP contribution in [0.1, 0.15) is 18.4 Å². The van der Waals surface area contributed by atoms with E-state index in [1.807, 2.05) is 0 Å². The van der Waals surface area contributed by atoms with Crippen LogP contribution in [-0.2, 0) is 14.8 Å². The van der Waals surface area contributed by atoms with Crippen LogP contribution in [0.3, 0.4) is 0 Å². The lowest BCUT2D eigenvalue weighted by Gasteiger charge is -2.38. The minimum atomic E-state index is -4.05. The lowest BCUT2D eigenvalue weighted by molar-refractivity contribution is -0.0523. The van der Waals surface area contributed by atoms with Gasteiger partial charge in [0, 0.05) is 6.20 Å². The number of hydrogen-bond donors (Lipinski definition) is 1. The molecule has 1 saturated heterocycles. The number of nitrogens with zero attached hydrogens (tertiary/aromatic N) is 4. The number of fused-ring (bicyclic) bond motifs is 1. The zero-order valence-electron chi connectivity index (χ0n) is 13.7. The van der Waals surface area contributed by atoms with Gasteiger partial charge in [-0.25, -0.2) is 31.3 Å². The molecule has 4 heterocycles. The van der Waals surface area contributed by atoms with E-state index in [1.54, 1.807) is 6.92 Å². The summed E-state index contributed by atoms with van der Waals surface area (Å²) in [6, 6.07) is 0.872. The number of ether oxygens (including phenoxy) is 1. The Bertz CT molecular complexity index is 1120. The molecule has 8 nitrogen and oxygen atoms in total. The second-order valence-corrected chi connectivity index (χ2v) is 8.96. The molecule has 1 aliphatic rings. The highest BCUT2D eigenvalue weighted by Gasteiger charge is 2.38. The predicted molar refractivity (Wildman–Crippen MR) is 88.6 cm³/mol. The standard InChI is InChI=1S/C14H12F3N5O3S2/c1-14(5-25-6-14)21-27(23,24)7-2-8(15)9-3-18-11(22(9)4-7)13-20-19-12(26-13)10(16)17/h2-4,10,21H,5-6H2,1H3. The summed E-state index contributed by atoms with van der Waals surface area (Å²) in [5, 5.41) is 6.51. The minimum absolute atomic E-state index is 0.0172. The van der Waals surface area contributed by atoms with Gasteiger partial charge in [0.2, 0.25) is 10.0 Å². The van der Waals surface area contributed by atoms with Crippen LogP contribution in [0.15, 0.2) is 23.4 Å². The summed E-state index contributed by atoms with van der Waals surface area (Å²) in [7, 11) is -4.05. The highest BCUT2D eigenvalue weighted by Crippen LogP contribution is 2.30. The average Bonchev–Trinajstić information content (AvgIpc) is 3.19. The van der Waals surface area contributed by atoms with E-state index in [-0.39, 0.29) is 34.5 Å². The van der Waals surface area contributed by atoms with Gasteiger partial charge in [0.05, 0.1) is 24.9 Å². The summed E-state index contributed by atoms with van der Waals surface area (Å²) in [5.74, 6) is -0.811. The van der Waals surface area contributed by atoms with Crippen molar-refractivity contribution in [2.24, 2.45) is 0 Å². The summed E-state index contributed by atoms with van der Waals surface area (Å²) in [4.78, 5) is 3.64. The van der Waals surface area contributed by atoms with E-state index in [0.717, 1.165) is 16.7 Å². The van der Waals surface area contributed by atoms with E-state index in [4.69, 9.17) is 4.74 Å². The maximum atomic E-state index is 14.4. The van der Waals surface area contributed by atoms with Gasteiger partial charge in [-0.15, -0.1) is 10.2 Å². The molecule has 0 amide bonds. The zero-order chi connectivity index (χ0) is 19.4. The Balaban J connectivity index is 1.80. The molecule has 144 valence electrons. The average molecular weight is 419 g/mol. The topological polar surface area (TPSA) is 98.5 Å². The molecule has 0 saturated carbocycles. The van der Waals surface area contributed by atoms with E-state index >= 15 is 0 Å². The van der Waals surface area contributed by atoms with Crippen LogP contribution in [0.25, 0.3) is 16.3 Å². The maximum Gasteiger partial charge on any atom is 0.291 e. The summed E-state index contributed by atoms with van der Waals surface area (Å²) < 4.78 is 73.8. The quantitative estimate of drug-likeness (QED) is 0.679. The van der Waals surface area contributed by atoms with E-state index < -0.39 is 32.8 Å². The number of imidazole rings is 1. The minimum Gasteiger partial charge on any atom is -0.377 e. The van der Waals surface area contributed by atoms with E-state index in [9.17, 15) is 21.6 Å². The van der Waals surface area contributed by atoms with Crippen molar-refractivity contribution >= 4 is 26.9 Å². The molecule has 3 aromatic heterocycles. The molecule has 0 radical (unpaired) electrons. The smallest absolute Gasteiger partial charge is 0.291 e. The van der Waals surface area contributed by atoms with Crippen molar-refractivity contribution < 1.29 is 26.3 Å². The number of nitrogens with one attached hydrogen (secondary N) is 1.